The van der Waals surface area contributed by atoms with Crippen molar-refractivity contribution in [3.8, 4) is 0 Å². The number of nitrogens with one attached hydrogen (secondary N) is 1. The first kappa shape index (κ1) is 13.9. The third-order valence-corrected chi connectivity index (χ3v) is 3.74. The Morgan fingerprint density at radius 1 is 1.26 bits per heavy atom. The summed E-state index contributed by atoms with van der Waals surface area (Å²) in [6.07, 6.45) is 2.00. The molecular weight excluding hydrogens is 261 g/mol. The van der Waals surface area contributed by atoms with Crippen LogP contribution in [0.4, 0.5) is 4.39 Å². The zero-order chi connectivity index (χ0) is 13.8. The van der Waals surface area contributed by atoms with Crippen molar-refractivity contribution in [2.75, 3.05) is 12.0 Å². The van der Waals surface area contributed by atoms with Crippen molar-refractivity contribution in [3.63, 3.8) is 0 Å². The summed E-state index contributed by atoms with van der Waals surface area (Å²) in [7, 11) is 0. The fourth-order valence-electron chi connectivity index (χ4n) is 2.05. The zero-order valence-corrected chi connectivity index (χ0v) is 11.8. The fraction of sp³-hybridized carbons (Fsp3) is 0.267. The van der Waals surface area contributed by atoms with Crippen LogP contribution >= 0.6 is 11.8 Å². The average molecular weight is 277 g/mol. The Morgan fingerprint density at radius 2 is 1.95 bits per heavy atom. The van der Waals surface area contributed by atoms with Crippen LogP contribution < -0.4 is 5.32 Å². The summed E-state index contributed by atoms with van der Waals surface area (Å²) in [6.45, 7) is 1.96. The monoisotopic (exact) mass is 277 g/mol. The number of carbonyl (C=O) groups is 1. The molecule has 2 aromatic rings. The van der Waals surface area contributed by atoms with E-state index in [9.17, 15) is 9.18 Å². The van der Waals surface area contributed by atoms with E-state index in [4.69, 9.17) is 0 Å². The van der Waals surface area contributed by atoms with Gasteiger partial charge in [-0.15, -0.1) is 0 Å². The lowest BCUT2D eigenvalue weighted by Crippen LogP contribution is -2.34. The summed E-state index contributed by atoms with van der Waals surface area (Å²) >= 11 is 1.68. The quantitative estimate of drug-likeness (QED) is 0.927. The fourth-order valence-corrected chi connectivity index (χ4v) is 2.64. The molecule has 100 valence electrons. The molecule has 0 heterocycles. The van der Waals surface area contributed by atoms with Crippen molar-refractivity contribution in [1.29, 1.82) is 0 Å². The van der Waals surface area contributed by atoms with Crippen molar-refractivity contribution in [1.82, 2.24) is 5.32 Å². The van der Waals surface area contributed by atoms with E-state index in [0.29, 0.717) is 16.3 Å². The highest BCUT2D eigenvalue weighted by Gasteiger charge is 2.14. The van der Waals surface area contributed by atoms with Gasteiger partial charge in [-0.05, 0) is 30.7 Å². The third-order valence-electron chi connectivity index (χ3n) is 2.91. The maximum Gasteiger partial charge on any atom is 0.252 e. The van der Waals surface area contributed by atoms with Gasteiger partial charge in [-0.1, -0.05) is 24.3 Å². The topological polar surface area (TPSA) is 29.1 Å². The Labute approximate surface area is 116 Å². The molecule has 2 rings (SSSR count). The molecular formula is C15H16FNOS. The minimum Gasteiger partial charge on any atom is -0.349 e. The Hall–Kier alpha value is -1.55. The van der Waals surface area contributed by atoms with Crippen LogP contribution in [0.5, 0.6) is 0 Å². The average Bonchev–Trinajstić information content (AvgIpc) is 2.39. The molecule has 1 atom stereocenters. The molecule has 0 saturated carbocycles. The molecule has 0 aliphatic carbocycles. The first-order valence-corrected chi connectivity index (χ1v) is 7.50. The van der Waals surface area contributed by atoms with Crippen molar-refractivity contribution < 1.29 is 9.18 Å². The van der Waals surface area contributed by atoms with Gasteiger partial charge < -0.3 is 5.32 Å². The summed E-state index contributed by atoms with van der Waals surface area (Å²) in [4.78, 5) is 12.2. The highest BCUT2D eigenvalue weighted by Crippen LogP contribution is 2.21. The largest absolute Gasteiger partial charge is 0.349 e. The number of carbonyl (C=O) groups excluding carboxylic acids is 1. The molecule has 0 bridgehead atoms. The summed E-state index contributed by atoms with van der Waals surface area (Å²) in [5.74, 6) is 0.396. The van der Waals surface area contributed by atoms with Crippen LogP contribution in [-0.2, 0) is 0 Å². The van der Waals surface area contributed by atoms with Gasteiger partial charge in [0.05, 0.1) is 0 Å². The van der Waals surface area contributed by atoms with Crippen LogP contribution in [0.25, 0.3) is 10.8 Å². The standard InChI is InChI=1S/C15H16FNOS/c1-10(9-19-2)17-15(18)13-7-8-14(16)12-6-4-3-5-11(12)13/h3-8,10H,9H2,1-2H3,(H,17,18). The van der Waals surface area contributed by atoms with E-state index < -0.39 is 0 Å². The predicted octanol–water partition coefficient (Wildman–Crippen LogP) is 3.46. The number of amides is 1. The van der Waals surface area contributed by atoms with Crippen LogP contribution in [0.3, 0.4) is 0 Å². The molecule has 0 fully saturated rings. The Bertz CT molecular complexity index is 600. The summed E-state index contributed by atoms with van der Waals surface area (Å²) < 4.78 is 13.7. The number of hydrogen-bond acceptors (Lipinski definition) is 2. The van der Waals surface area contributed by atoms with Gasteiger partial charge in [0.2, 0.25) is 0 Å². The third kappa shape index (κ3) is 3.07. The normalized spacial score (nSPS) is 12.4. The lowest BCUT2D eigenvalue weighted by atomic mass is 10.0. The van der Waals surface area contributed by atoms with Crippen LogP contribution in [0.2, 0.25) is 0 Å². The van der Waals surface area contributed by atoms with Crippen molar-refractivity contribution in [3.05, 3.63) is 47.8 Å². The van der Waals surface area contributed by atoms with Crippen LogP contribution in [0, 0.1) is 5.82 Å². The first-order chi connectivity index (χ1) is 9.13. The van der Waals surface area contributed by atoms with E-state index in [1.807, 2.05) is 19.2 Å². The number of rotatable bonds is 4. The smallest absolute Gasteiger partial charge is 0.252 e. The van der Waals surface area contributed by atoms with E-state index in [2.05, 4.69) is 5.32 Å². The zero-order valence-electron chi connectivity index (χ0n) is 10.9. The maximum atomic E-state index is 13.7. The lowest BCUT2D eigenvalue weighted by Gasteiger charge is -2.14. The minimum atomic E-state index is -0.302. The Morgan fingerprint density at radius 3 is 2.63 bits per heavy atom. The molecule has 2 aromatic carbocycles. The van der Waals surface area contributed by atoms with Crippen LogP contribution in [-0.4, -0.2) is 24.0 Å². The number of fused-ring (bicyclic) bond motifs is 1. The van der Waals surface area contributed by atoms with Gasteiger partial charge in [0, 0.05) is 22.7 Å². The molecule has 2 nitrogen and oxygen atoms in total. The van der Waals surface area contributed by atoms with E-state index in [1.54, 1.807) is 36.0 Å². The van der Waals surface area contributed by atoms with Gasteiger partial charge in [0.1, 0.15) is 5.82 Å². The molecule has 4 heteroatoms. The second-order valence-electron chi connectivity index (χ2n) is 4.47. The Balaban J connectivity index is 2.35. The molecule has 0 saturated heterocycles. The molecule has 1 unspecified atom stereocenters. The van der Waals surface area contributed by atoms with Crippen LogP contribution in [0.1, 0.15) is 17.3 Å². The van der Waals surface area contributed by atoms with Gasteiger partial charge in [0.15, 0.2) is 0 Å². The highest BCUT2D eigenvalue weighted by atomic mass is 32.2. The molecule has 1 amide bonds. The second kappa shape index (κ2) is 6.06. The molecule has 0 spiro atoms. The summed E-state index contributed by atoms with van der Waals surface area (Å²) in [5, 5.41) is 4.06. The molecule has 0 radical (unpaired) electrons. The molecule has 19 heavy (non-hydrogen) atoms. The summed E-state index contributed by atoms with van der Waals surface area (Å²) in [5.41, 5.74) is 0.518. The second-order valence-corrected chi connectivity index (χ2v) is 5.38. The van der Waals surface area contributed by atoms with Crippen molar-refractivity contribution in [2.24, 2.45) is 0 Å². The van der Waals surface area contributed by atoms with Crippen LogP contribution in [0.15, 0.2) is 36.4 Å². The molecule has 1 N–H and O–H groups in total. The highest BCUT2D eigenvalue weighted by molar-refractivity contribution is 7.98. The Kier molecular flexibility index (Phi) is 4.43. The van der Waals surface area contributed by atoms with E-state index in [-0.39, 0.29) is 17.8 Å². The van der Waals surface area contributed by atoms with E-state index >= 15 is 0 Å². The maximum absolute atomic E-state index is 13.7. The van der Waals surface area contributed by atoms with E-state index in [1.165, 1.54) is 6.07 Å². The number of benzene rings is 2. The minimum absolute atomic E-state index is 0.0892. The van der Waals surface area contributed by atoms with Gasteiger partial charge in [-0.25, -0.2) is 4.39 Å². The van der Waals surface area contributed by atoms with Crippen molar-refractivity contribution in [2.45, 2.75) is 13.0 Å². The van der Waals surface area contributed by atoms with Gasteiger partial charge in [0.25, 0.3) is 5.91 Å². The van der Waals surface area contributed by atoms with Gasteiger partial charge in [-0.2, -0.15) is 11.8 Å². The SMILES string of the molecule is CSCC(C)NC(=O)c1ccc(F)c2ccccc12. The van der Waals surface area contributed by atoms with Gasteiger partial charge in [-0.3, -0.25) is 4.79 Å². The molecule has 0 aliphatic heterocycles. The molecule has 0 aromatic heterocycles. The number of thioether (sulfide) groups is 1. The number of halogens is 1. The lowest BCUT2D eigenvalue weighted by molar-refractivity contribution is 0.0945. The van der Waals surface area contributed by atoms with E-state index in [0.717, 1.165) is 5.75 Å². The predicted molar refractivity (Wildman–Crippen MR) is 79.2 cm³/mol. The van der Waals surface area contributed by atoms with Gasteiger partial charge >= 0.3 is 0 Å². The number of hydrogen-bond donors (Lipinski definition) is 1. The van der Waals surface area contributed by atoms with Crippen molar-refractivity contribution >= 4 is 28.4 Å². The summed E-state index contributed by atoms with van der Waals surface area (Å²) in [6, 6.07) is 10.0. The first-order valence-electron chi connectivity index (χ1n) is 6.10. The molecule has 0 aliphatic rings.